The van der Waals surface area contributed by atoms with Crippen LogP contribution >= 0.6 is 11.3 Å². The second-order valence-corrected chi connectivity index (χ2v) is 8.61. The number of cyclic esters (lactones) is 1. The zero-order chi connectivity index (χ0) is 18.3. The molecule has 3 aromatic rings. The first-order valence-corrected chi connectivity index (χ1v) is 10.3. The summed E-state index contributed by atoms with van der Waals surface area (Å²) in [6, 6.07) is 8.07. The van der Waals surface area contributed by atoms with Crippen LogP contribution in [0.4, 0.5) is 0 Å². The third kappa shape index (κ3) is 3.15. The number of carbonyl (C=O) groups is 1. The van der Waals surface area contributed by atoms with Crippen molar-refractivity contribution in [3.05, 3.63) is 47.2 Å². The molecule has 1 unspecified atom stereocenters. The number of hydrogen-bond donors (Lipinski definition) is 0. The van der Waals surface area contributed by atoms with Gasteiger partial charge in [-0.25, -0.2) is 4.98 Å². The van der Waals surface area contributed by atoms with Gasteiger partial charge in [-0.1, -0.05) is 12.1 Å². The largest absolute Gasteiger partial charge is 0.460 e. The van der Waals surface area contributed by atoms with Gasteiger partial charge >= 0.3 is 5.97 Å². The average molecular weight is 382 g/mol. The van der Waals surface area contributed by atoms with E-state index in [9.17, 15) is 4.79 Å². The molecule has 2 aliphatic rings. The molecule has 5 rings (SSSR count). The number of likely N-dealkylation sites (tertiary alicyclic amines) is 1. The number of carbonyl (C=O) groups excluding carboxylic acids is 1. The van der Waals surface area contributed by atoms with E-state index in [0.717, 1.165) is 49.9 Å². The SMILES string of the molecule is O=C1OC(Cn2cnc3ccccc32)CC12CCN(Cc1cncs1)CC2. The first kappa shape index (κ1) is 16.9. The van der Waals surface area contributed by atoms with Gasteiger partial charge in [0.05, 0.1) is 34.8 Å². The number of fused-ring (bicyclic) bond motifs is 1. The van der Waals surface area contributed by atoms with Crippen LogP contribution in [0.3, 0.4) is 0 Å². The Labute approximate surface area is 161 Å². The minimum atomic E-state index is -0.300. The molecule has 2 aliphatic heterocycles. The molecule has 0 radical (unpaired) electrons. The number of rotatable bonds is 4. The van der Waals surface area contributed by atoms with Crippen molar-refractivity contribution in [1.29, 1.82) is 0 Å². The first-order valence-electron chi connectivity index (χ1n) is 9.43. The van der Waals surface area contributed by atoms with Gasteiger partial charge in [-0.3, -0.25) is 14.7 Å². The lowest BCUT2D eigenvalue weighted by atomic mass is 9.76. The summed E-state index contributed by atoms with van der Waals surface area (Å²) >= 11 is 1.69. The van der Waals surface area contributed by atoms with Crippen molar-refractivity contribution in [3.8, 4) is 0 Å². The van der Waals surface area contributed by atoms with E-state index in [1.165, 1.54) is 4.88 Å². The molecule has 0 bridgehead atoms. The zero-order valence-electron chi connectivity index (χ0n) is 15.1. The Balaban J connectivity index is 1.24. The molecule has 0 aliphatic carbocycles. The number of ether oxygens (including phenoxy) is 1. The number of imidazole rings is 1. The highest BCUT2D eigenvalue weighted by atomic mass is 32.1. The highest BCUT2D eigenvalue weighted by Crippen LogP contribution is 2.43. The molecule has 7 heteroatoms. The molecule has 1 spiro atoms. The number of hydrogen-bond acceptors (Lipinski definition) is 6. The number of piperidine rings is 1. The summed E-state index contributed by atoms with van der Waals surface area (Å²) in [5.41, 5.74) is 3.65. The second kappa shape index (κ2) is 6.73. The molecule has 0 N–H and O–H groups in total. The minimum absolute atomic E-state index is 0.00522. The number of thiazole rings is 1. The van der Waals surface area contributed by atoms with Crippen LogP contribution in [0.2, 0.25) is 0 Å². The third-order valence-corrected chi connectivity index (χ3v) is 6.69. The Morgan fingerprint density at radius 2 is 2.11 bits per heavy atom. The van der Waals surface area contributed by atoms with Crippen molar-refractivity contribution in [2.24, 2.45) is 5.41 Å². The van der Waals surface area contributed by atoms with E-state index in [1.807, 2.05) is 36.2 Å². The van der Waals surface area contributed by atoms with Gasteiger partial charge in [0.1, 0.15) is 6.10 Å². The van der Waals surface area contributed by atoms with Gasteiger partial charge in [0.2, 0.25) is 0 Å². The van der Waals surface area contributed by atoms with Crippen molar-refractivity contribution in [2.75, 3.05) is 13.1 Å². The van der Waals surface area contributed by atoms with Crippen LogP contribution in [0.15, 0.2) is 42.3 Å². The Morgan fingerprint density at radius 3 is 2.93 bits per heavy atom. The number of benzene rings is 1. The predicted octanol–water partition coefficient (Wildman–Crippen LogP) is 3.09. The van der Waals surface area contributed by atoms with Crippen molar-refractivity contribution in [2.45, 2.75) is 38.5 Å². The van der Waals surface area contributed by atoms with Crippen LogP contribution in [0, 0.1) is 5.41 Å². The number of nitrogens with zero attached hydrogens (tertiary/aromatic N) is 4. The van der Waals surface area contributed by atoms with E-state index in [0.29, 0.717) is 6.54 Å². The second-order valence-electron chi connectivity index (χ2n) is 7.64. The van der Waals surface area contributed by atoms with E-state index in [4.69, 9.17) is 4.74 Å². The van der Waals surface area contributed by atoms with Crippen molar-refractivity contribution in [3.63, 3.8) is 0 Å². The maximum atomic E-state index is 12.7. The summed E-state index contributed by atoms with van der Waals surface area (Å²) < 4.78 is 7.91. The van der Waals surface area contributed by atoms with Crippen LogP contribution in [0.25, 0.3) is 11.0 Å². The summed E-state index contributed by atoms with van der Waals surface area (Å²) in [4.78, 5) is 25.0. The first-order chi connectivity index (χ1) is 13.2. The molecule has 27 heavy (non-hydrogen) atoms. The van der Waals surface area contributed by atoms with E-state index in [1.54, 1.807) is 11.3 Å². The molecule has 0 amide bonds. The van der Waals surface area contributed by atoms with E-state index in [-0.39, 0.29) is 17.5 Å². The highest BCUT2D eigenvalue weighted by Gasteiger charge is 2.50. The zero-order valence-corrected chi connectivity index (χ0v) is 15.9. The molecule has 4 heterocycles. The van der Waals surface area contributed by atoms with Crippen LogP contribution in [-0.2, 0) is 22.6 Å². The summed E-state index contributed by atoms with van der Waals surface area (Å²) in [6.45, 7) is 3.49. The van der Waals surface area contributed by atoms with Crippen molar-refractivity contribution < 1.29 is 9.53 Å². The minimum Gasteiger partial charge on any atom is -0.460 e. The van der Waals surface area contributed by atoms with Gasteiger partial charge in [0, 0.05) is 24.0 Å². The molecule has 1 atom stereocenters. The fourth-order valence-electron chi connectivity index (χ4n) is 4.40. The van der Waals surface area contributed by atoms with E-state index >= 15 is 0 Å². The van der Waals surface area contributed by atoms with Crippen LogP contribution < -0.4 is 0 Å². The van der Waals surface area contributed by atoms with E-state index < -0.39 is 0 Å². The van der Waals surface area contributed by atoms with Gasteiger partial charge in [0.25, 0.3) is 0 Å². The Morgan fingerprint density at radius 1 is 1.26 bits per heavy atom. The van der Waals surface area contributed by atoms with Gasteiger partial charge in [-0.15, -0.1) is 11.3 Å². The Kier molecular flexibility index (Phi) is 4.21. The molecular weight excluding hydrogens is 360 g/mol. The van der Waals surface area contributed by atoms with Crippen molar-refractivity contribution in [1.82, 2.24) is 19.4 Å². The van der Waals surface area contributed by atoms with Gasteiger partial charge in [0.15, 0.2) is 0 Å². The smallest absolute Gasteiger partial charge is 0.312 e. The monoisotopic (exact) mass is 382 g/mol. The van der Waals surface area contributed by atoms with Gasteiger partial charge < -0.3 is 9.30 Å². The molecule has 2 saturated heterocycles. The fourth-order valence-corrected chi connectivity index (χ4v) is 5.04. The van der Waals surface area contributed by atoms with Crippen molar-refractivity contribution >= 4 is 28.3 Å². The van der Waals surface area contributed by atoms with Gasteiger partial charge in [-0.05, 0) is 38.1 Å². The predicted molar refractivity (Wildman–Crippen MR) is 103 cm³/mol. The maximum Gasteiger partial charge on any atom is 0.312 e. The normalized spacial score (nSPS) is 22.5. The average Bonchev–Trinajstić information content (AvgIpc) is 3.39. The van der Waals surface area contributed by atoms with E-state index in [2.05, 4.69) is 25.5 Å². The van der Waals surface area contributed by atoms with Crippen LogP contribution in [-0.4, -0.2) is 44.6 Å². The standard InChI is InChI=1S/C20H22N4O2S/c25-19-20(5-7-23(8-6-20)12-16-10-21-14-27-16)9-15(26-19)11-24-13-22-17-3-1-2-4-18(17)24/h1-4,10,13-15H,5-9,11-12H2. The lowest BCUT2D eigenvalue weighted by molar-refractivity contribution is -0.151. The lowest BCUT2D eigenvalue weighted by Crippen LogP contribution is -2.42. The number of esters is 1. The number of aromatic nitrogens is 3. The molecule has 6 nitrogen and oxygen atoms in total. The summed E-state index contributed by atoms with van der Waals surface area (Å²) in [5, 5.41) is 0. The molecule has 2 fully saturated rings. The van der Waals surface area contributed by atoms with Crippen LogP contribution in [0.1, 0.15) is 24.1 Å². The Bertz CT molecular complexity index is 944. The summed E-state index contributed by atoms with van der Waals surface area (Å²) in [5.74, 6) is -0.00522. The molecule has 140 valence electrons. The molecule has 0 saturated carbocycles. The third-order valence-electron chi connectivity index (χ3n) is 5.93. The highest BCUT2D eigenvalue weighted by molar-refractivity contribution is 7.09. The molecule has 1 aromatic carbocycles. The fraction of sp³-hybridized carbons (Fsp3) is 0.450. The topological polar surface area (TPSA) is 60.3 Å². The summed E-state index contributed by atoms with van der Waals surface area (Å²) in [6.07, 6.45) is 6.29. The maximum absolute atomic E-state index is 12.7. The number of para-hydroxylation sites is 2. The quantitative estimate of drug-likeness (QED) is 0.649. The lowest BCUT2D eigenvalue weighted by Gasteiger charge is -2.36. The van der Waals surface area contributed by atoms with Crippen LogP contribution in [0.5, 0.6) is 0 Å². The van der Waals surface area contributed by atoms with Gasteiger partial charge in [-0.2, -0.15) is 0 Å². The summed E-state index contributed by atoms with van der Waals surface area (Å²) in [7, 11) is 0. The molecule has 2 aromatic heterocycles. The Hall–Kier alpha value is -2.25. The molecular formula is C20H22N4O2S.